The minimum absolute atomic E-state index is 0.263. The highest BCUT2D eigenvalue weighted by Crippen LogP contribution is 2.33. The lowest BCUT2D eigenvalue weighted by atomic mass is 10.2. The van der Waals surface area contributed by atoms with Gasteiger partial charge >= 0.3 is 0 Å². The Hall–Kier alpha value is -3.39. The largest absolute Gasteiger partial charge is 0.380 e. The highest BCUT2D eigenvalue weighted by Gasteiger charge is 2.28. The van der Waals surface area contributed by atoms with E-state index in [1.165, 1.54) is 4.31 Å². The summed E-state index contributed by atoms with van der Waals surface area (Å²) in [4.78, 5) is 6.38. The fourth-order valence-corrected chi connectivity index (χ4v) is 5.69. The topological polar surface area (TPSA) is 65.5 Å². The summed E-state index contributed by atoms with van der Waals surface area (Å²) >= 11 is 5.96. The van der Waals surface area contributed by atoms with Crippen molar-refractivity contribution in [2.24, 2.45) is 0 Å². The minimum atomic E-state index is -3.87. The third-order valence-electron chi connectivity index (χ3n) is 5.72. The average molecular weight is 521 g/mol. The molecule has 0 atom stereocenters. The number of nitrogens with one attached hydrogen (secondary N) is 1. The van der Waals surface area contributed by atoms with Gasteiger partial charge in [0.05, 0.1) is 16.3 Å². The Kier molecular flexibility index (Phi) is 8.25. The van der Waals surface area contributed by atoms with Gasteiger partial charge in [0.15, 0.2) is 0 Å². The molecule has 0 aliphatic heterocycles. The van der Waals surface area contributed by atoms with Crippen LogP contribution in [-0.2, 0) is 10.0 Å². The van der Waals surface area contributed by atoms with Gasteiger partial charge < -0.3 is 10.2 Å². The second-order valence-corrected chi connectivity index (χ2v) is 10.9. The molecule has 0 saturated heterocycles. The van der Waals surface area contributed by atoms with Gasteiger partial charge in [0.1, 0.15) is 0 Å². The van der Waals surface area contributed by atoms with E-state index >= 15 is 0 Å². The molecular formula is C28H29ClN4O2S. The maximum absolute atomic E-state index is 14.1. The third kappa shape index (κ3) is 6.05. The van der Waals surface area contributed by atoms with E-state index in [1.54, 1.807) is 30.6 Å². The molecule has 0 aliphatic carbocycles. The number of fused-ring (bicyclic) bond motifs is 1. The minimum Gasteiger partial charge on any atom is -0.380 e. The Labute approximate surface area is 217 Å². The summed E-state index contributed by atoms with van der Waals surface area (Å²) in [7, 11) is -0.00688. The number of aromatic nitrogens is 1. The fraction of sp³-hybridized carbons (Fsp3) is 0.179. The van der Waals surface area contributed by atoms with E-state index in [1.807, 2.05) is 85.7 Å². The zero-order valence-electron chi connectivity index (χ0n) is 20.3. The quantitative estimate of drug-likeness (QED) is 0.287. The SMILES string of the molecule is CN(C)CCN(c1ccccc1NCC=Cc1ccc(Cl)cc1)S(=O)(=O)c1cccc2cnccc12. The number of hydrogen-bond donors (Lipinski definition) is 1. The summed E-state index contributed by atoms with van der Waals surface area (Å²) in [6.45, 7) is 1.40. The maximum atomic E-state index is 14.1. The second kappa shape index (κ2) is 11.6. The molecule has 3 aromatic carbocycles. The Bertz CT molecular complexity index is 1450. The summed E-state index contributed by atoms with van der Waals surface area (Å²) in [6.07, 6.45) is 7.29. The van der Waals surface area contributed by atoms with Crippen molar-refractivity contribution >= 4 is 49.8 Å². The van der Waals surface area contributed by atoms with Gasteiger partial charge in [-0.1, -0.05) is 60.2 Å². The molecule has 1 N–H and O–H groups in total. The number of para-hydroxylation sites is 2. The number of nitrogens with zero attached hydrogens (tertiary/aromatic N) is 3. The molecule has 0 bridgehead atoms. The number of hydrogen-bond acceptors (Lipinski definition) is 5. The van der Waals surface area contributed by atoms with Crippen molar-refractivity contribution < 1.29 is 8.42 Å². The van der Waals surface area contributed by atoms with E-state index < -0.39 is 10.0 Å². The van der Waals surface area contributed by atoms with Gasteiger partial charge in [0.25, 0.3) is 10.0 Å². The van der Waals surface area contributed by atoms with Gasteiger partial charge in [-0.15, -0.1) is 0 Å². The molecule has 0 fully saturated rings. The van der Waals surface area contributed by atoms with Gasteiger partial charge in [0, 0.05) is 47.8 Å². The summed E-state index contributed by atoms with van der Waals surface area (Å²) < 4.78 is 29.7. The molecule has 0 unspecified atom stereocenters. The van der Waals surface area contributed by atoms with Crippen LogP contribution in [-0.4, -0.2) is 52.0 Å². The Balaban J connectivity index is 1.66. The molecule has 0 aliphatic rings. The van der Waals surface area contributed by atoms with Crippen molar-refractivity contribution in [2.75, 3.05) is 43.4 Å². The van der Waals surface area contributed by atoms with Crippen molar-refractivity contribution in [2.45, 2.75) is 4.90 Å². The first-order valence-corrected chi connectivity index (χ1v) is 13.4. The summed E-state index contributed by atoms with van der Waals surface area (Å²) in [5.74, 6) is 0. The zero-order valence-corrected chi connectivity index (χ0v) is 21.9. The number of anilines is 2. The standard InChI is InChI=1S/C28H29ClN4O2S/c1-32(2)19-20-33(36(34,35)28-11-5-8-23-21-30-18-16-25(23)28)27-10-4-3-9-26(27)31-17-6-7-22-12-14-24(29)15-13-22/h3-16,18,21,31H,17,19-20H2,1-2H3. The van der Waals surface area contributed by atoms with E-state index in [-0.39, 0.29) is 4.90 Å². The number of halogens is 1. The Morgan fingerprint density at radius 2 is 1.72 bits per heavy atom. The molecule has 36 heavy (non-hydrogen) atoms. The Morgan fingerprint density at radius 3 is 2.50 bits per heavy atom. The van der Waals surface area contributed by atoms with E-state index in [9.17, 15) is 8.42 Å². The van der Waals surface area contributed by atoms with Gasteiger partial charge in [0.2, 0.25) is 0 Å². The molecule has 0 radical (unpaired) electrons. The van der Waals surface area contributed by atoms with Gasteiger partial charge in [-0.25, -0.2) is 8.42 Å². The molecule has 4 rings (SSSR count). The molecule has 1 heterocycles. The number of rotatable bonds is 10. The second-order valence-electron chi connectivity index (χ2n) is 8.59. The van der Waals surface area contributed by atoms with Gasteiger partial charge in [-0.05, 0) is 56.1 Å². The first-order valence-electron chi connectivity index (χ1n) is 11.6. The summed E-state index contributed by atoms with van der Waals surface area (Å²) in [5.41, 5.74) is 2.38. The van der Waals surface area contributed by atoms with Crippen molar-refractivity contribution in [3.8, 4) is 0 Å². The molecule has 0 saturated carbocycles. The molecule has 6 nitrogen and oxygen atoms in total. The first-order chi connectivity index (χ1) is 17.4. The highest BCUT2D eigenvalue weighted by molar-refractivity contribution is 7.93. The summed E-state index contributed by atoms with van der Waals surface area (Å²) in [5, 5.41) is 5.51. The monoisotopic (exact) mass is 520 g/mol. The van der Waals surface area contributed by atoms with Crippen LogP contribution >= 0.6 is 11.6 Å². The molecule has 0 spiro atoms. The molecule has 0 amide bonds. The van der Waals surface area contributed by atoms with Crippen molar-refractivity contribution in [1.29, 1.82) is 0 Å². The molecule has 1 aromatic heterocycles. The maximum Gasteiger partial charge on any atom is 0.265 e. The first kappa shape index (κ1) is 25.7. The van der Waals surface area contributed by atoms with Crippen molar-refractivity contribution in [3.63, 3.8) is 0 Å². The molecule has 186 valence electrons. The molecule has 4 aromatic rings. The van der Waals surface area contributed by atoms with Gasteiger partial charge in [-0.2, -0.15) is 0 Å². The predicted molar refractivity (Wildman–Crippen MR) is 150 cm³/mol. The van der Waals surface area contributed by atoms with Crippen LogP contribution in [0.25, 0.3) is 16.8 Å². The lowest BCUT2D eigenvalue weighted by molar-refractivity contribution is 0.419. The lowest BCUT2D eigenvalue weighted by Gasteiger charge is -2.28. The van der Waals surface area contributed by atoms with E-state index in [2.05, 4.69) is 10.3 Å². The van der Waals surface area contributed by atoms with Crippen LogP contribution < -0.4 is 9.62 Å². The highest BCUT2D eigenvalue weighted by atomic mass is 35.5. The van der Waals surface area contributed by atoms with Crippen molar-refractivity contribution in [1.82, 2.24) is 9.88 Å². The van der Waals surface area contributed by atoms with Crippen LogP contribution in [0.4, 0.5) is 11.4 Å². The zero-order chi connectivity index (χ0) is 25.5. The van der Waals surface area contributed by atoms with E-state index in [0.717, 1.165) is 16.6 Å². The van der Waals surface area contributed by atoms with Crippen LogP contribution in [0.1, 0.15) is 5.56 Å². The summed E-state index contributed by atoms with van der Waals surface area (Å²) in [6, 6.07) is 22.1. The van der Waals surface area contributed by atoms with E-state index in [4.69, 9.17) is 11.6 Å². The van der Waals surface area contributed by atoms with Crippen molar-refractivity contribution in [3.05, 3.63) is 102 Å². The number of likely N-dealkylation sites (N-methyl/N-ethyl adjacent to an activating group) is 1. The third-order valence-corrected chi connectivity index (χ3v) is 7.85. The van der Waals surface area contributed by atoms with E-state index in [0.29, 0.717) is 35.7 Å². The number of sulfonamides is 1. The van der Waals surface area contributed by atoms with Crippen LogP contribution in [0.2, 0.25) is 5.02 Å². The van der Waals surface area contributed by atoms with Crippen LogP contribution in [0.5, 0.6) is 0 Å². The van der Waals surface area contributed by atoms with Crippen LogP contribution in [0.3, 0.4) is 0 Å². The predicted octanol–water partition coefficient (Wildman–Crippen LogP) is 5.77. The smallest absolute Gasteiger partial charge is 0.265 e. The fourth-order valence-electron chi connectivity index (χ4n) is 3.88. The average Bonchev–Trinajstić information content (AvgIpc) is 2.88. The normalized spacial score (nSPS) is 11.9. The number of pyridine rings is 1. The van der Waals surface area contributed by atoms with Crippen LogP contribution in [0, 0.1) is 0 Å². The molecular weight excluding hydrogens is 492 g/mol. The van der Waals surface area contributed by atoms with Gasteiger partial charge in [-0.3, -0.25) is 9.29 Å². The molecule has 8 heteroatoms. The number of benzene rings is 3. The van der Waals surface area contributed by atoms with Crippen LogP contribution in [0.15, 0.2) is 96.2 Å². The lowest BCUT2D eigenvalue weighted by Crippen LogP contribution is -2.37. The Morgan fingerprint density at radius 1 is 0.944 bits per heavy atom.